The van der Waals surface area contributed by atoms with E-state index in [9.17, 15) is 18.0 Å². The fraction of sp³-hybridized carbons (Fsp3) is 0.562. The molecule has 8 heteroatoms. The van der Waals surface area contributed by atoms with Crippen molar-refractivity contribution in [3.05, 3.63) is 29.3 Å². The maximum absolute atomic E-state index is 13.2. The summed E-state index contributed by atoms with van der Waals surface area (Å²) in [5.74, 6) is -1.02. The molecule has 1 saturated carbocycles. The number of halogens is 3. The zero-order chi connectivity index (χ0) is 17.2. The van der Waals surface area contributed by atoms with Crippen LogP contribution in [0.25, 0.3) is 0 Å². The predicted octanol–water partition coefficient (Wildman–Crippen LogP) is 2.15. The highest BCUT2D eigenvalue weighted by Crippen LogP contribution is 2.42. The van der Waals surface area contributed by atoms with E-state index in [2.05, 4.69) is 10.2 Å². The number of nitrogens with zero attached hydrogens (tertiary/aromatic N) is 1. The molecule has 1 saturated heterocycles. The Morgan fingerprint density at radius 1 is 1.21 bits per heavy atom. The molecule has 1 aliphatic carbocycles. The summed E-state index contributed by atoms with van der Waals surface area (Å²) in [5.41, 5.74) is -0.226. The molecular formula is C16H19F3N2O3. The van der Waals surface area contributed by atoms with Gasteiger partial charge in [0.1, 0.15) is 5.75 Å². The lowest BCUT2D eigenvalue weighted by Gasteiger charge is -2.27. The normalized spacial score (nSPS) is 20.5. The summed E-state index contributed by atoms with van der Waals surface area (Å²) < 4.78 is 49.9. The van der Waals surface area contributed by atoms with Crippen LogP contribution in [0.5, 0.6) is 5.75 Å². The lowest BCUT2D eigenvalue weighted by atomic mass is 10.1. The molecule has 3 rings (SSSR count). The Hall–Kier alpha value is -1.80. The number of rotatable bonds is 6. The Balaban J connectivity index is 1.81. The standard InChI is InChI=1S/C16H19F3N2O3/c17-16(18,19)13-7-12(10-21-5-3-20-4-6-21)8-14(9-13)24-15(1-2-15)23-11-22/h7-9,11,20H,1-6,10H2. The first-order chi connectivity index (χ1) is 11.4. The molecule has 1 aromatic rings. The molecule has 0 amide bonds. The van der Waals surface area contributed by atoms with Crippen LogP contribution < -0.4 is 10.1 Å². The third-order valence-electron chi connectivity index (χ3n) is 4.13. The molecule has 0 unspecified atom stereocenters. The molecule has 2 fully saturated rings. The summed E-state index contributed by atoms with van der Waals surface area (Å²) in [6.07, 6.45) is -3.50. The number of nitrogens with one attached hydrogen (secondary N) is 1. The first kappa shape index (κ1) is 17.0. The van der Waals surface area contributed by atoms with Crippen LogP contribution in [0, 0.1) is 0 Å². The van der Waals surface area contributed by atoms with E-state index in [0.717, 1.165) is 38.3 Å². The Morgan fingerprint density at radius 3 is 2.50 bits per heavy atom. The Labute approximate surface area is 137 Å². The number of benzene rings is 1. The van der Waals surface area contributed by atoms with Crippen LogP contribution in [0.1, 0.15) is 24.0 Å². The van der Waals surface area contributed by atoms with Crippen molar-refractivity contribution in [1.29, 1.82) is 0 Å². The molecular weight excluding hydrogens is 325 g/mol. The van der Waals surface area contributed by atoms with Crippen molar-refractivity contribution in [2.24, 2.45) is 0 Å². The van der Waals surface area contributed by atoms with E-state index in [-0.39, 0.29) is 12.2 Å². The van der Waals surface area contributed by atoms with E-state index in [4.69, 9.17) is 9.47 Å². The molecule has 24 heavy (non-hydrogen) atoms. The minimum atomic E-state index is -4.46. The fourth-order valence-corrected chi connectivity index (χ4v) is 2.75. The lowest BCUT2D eigenvalue weighted by molar-refractivity contribution is -0.154. The van der Waals surface area contributed by atoms with Gasteiger partial charge in [0, 0.05) is 45.6 Å². The van der Waals surface area contributed by atoms with E-state index in [1.165, 1.54) is 0 Å². The van der Waals surface area contributed by atoms with E-state index < -0.39 is 17.5 Å². The number of hydrogen-bond acceptors (Lipinski definition) is 5. The van der Waals surface area contributed by atoms with Gasteiger partial charge in [0.15, 0.2) is 0 Å². The molecule has 5 nitrogen and oxygen atoms in total. The highest BCUT2D eigenvalue weighted by Gasteiger charge is 2.49. The van der Waals surface area contributed by atoms with Gasteiger partial charge in [0.2, 0.25) is 0 Å². The molecule has 1 aliphatic heterocycles. The molecule has 2 aliphatic rings. The van der Waals surface area contributed by atoms with E-state index in [1.807, 2.05) is 0 Å². The van der Waals surface area contributed by atoms with Gasteiger partial charge in [0.05, 0.1) is 5.56 Å². The maximum Gasteiger partial charge on any atom is 0.416 e. The average Bonchev–Trinajstić information content (AvgIpc) is 3.27. The van der Waals surface area contributed by atoms with Gasteiger partial charge in [-0.25, -0.2) is 0 Å². The van der Waals surface area contributed by atoms with Crippen molar-refractivity contribution < 1.29 is 27.4 Å². The molecule has 0 radical (unpaired) electrons. The molecule has 0 bridgehead atoms. The molecule has 132 valence electrons. The van der Waals surface area contributed by atoms with Crippen LogP contribution >= 0.6 is 0 Å². The van der Waals surface area contributed by atoms with Crippen LogP contribution in [0.2, 0.25) is 0 Å². The summed E-state index contributed by atoms with van der Waals surface area (Å²) >= 11 is 0. The quantitative estimate of drug-likeness (QED) is 0.633. The third kappa shape index (κ3) is 4.18. The van der Waals surface area contributed by atoms with Gasteiger partial charge < -0.3 is 14.8 Å². The molecule has 1 aromatic carbocycles. The number of carbonyl (C=O) groups is 1. The minimum absolute atomic E-state index is 0.0781. The highest BCUT2D eigenvalue weighted by atomic mass is 19.4. The number of ether oxygens (including phenoxy) is 2. The number of piperazine rings is 1. The predicted molar refractivity (Wildman–Crippen MR) is 79.3 cm³/mol. The van der Waals surface area contributed by atoms with E-state index in [1.54, 1.807) is 6.07 Å². The second kappa shape index (κ2) is 6.60. The average molecular weight is 344 g/mol. The second-order valence-electron chi connectivity index (χ2n) is 6.12. The zero-order valence-corrected chi connectivity index (χ0v) is 13.1. The highest BCUT2D eigenvalue weighted by molar-refractivity contribution is 5.40. The zero-order valence-electron chi connectivity index (χ0n) is 13.1. The molecule has 0 atom stereocenters. The van der Waals surface area contributed by atoms with Crippen LogP contribution in [0.3, 0.4) is 0 Å². The Bertz CT molecular complexity index is 597. The van der Waals surface area contributed by atoms with Crippen molar-refractivity contribution in [2.75, 3.05) is 26.2 Å². The summed E-state index contributed by atoms with van der Waals surface area (Å²) in [7, 11) is 0. The Kier molecular flexibility index (Phi) is 4.69. The summed E-state index contributed by atoms with van der Waals surface area (Å²) in [6.45, 7) is 3.89. The monoisotopic (exact) mass is 344 g/mol. The SMILES string of the molecule is O=COC1(Oc2cc(CN3CCNCC3)cc(C(F)(F)F)c2)CC1. The van der Waals surface area contributed by atoms with Crippen molar-refractivity contribution in [3.8, 4) is 5.75 Å². The van der Waals surface area contributed by atoms with Crippen LogP contribution in [0.15, 0.2) is 18.2 Å². The van der Waals surface area contributed by atoms with Crippen LogP contribution in [0.4, 0.5) is 13.2 Å². The van der Waals surface area contributed by atoms with Gasteiger partial charge in [-0.2, -0.15) is 13.2 Å². The minimum Gasteiger partial charge on any atom is -0.452 e. The van der Waals surface area contributed by atoms with Crippen molar-refractivity contribution in [3.63, 3.8) is 0 Å². The van der Waals surface area contributed by atoms with Crippen molar-refractivity contribution >= 4 is 6.47 Å². The van der Waals surface area contributed by atoms with Gasteiger partial charge in [-0.3, -0.25) is 9.69 Å². The summed E-state index contributed by atoms with van der Waals surface area (Å²) in [4.78, 5) is 12.6. The largest absolute Gasteiger partial charge is 0.452 e. The van der Waals surface area contributed by atoms with E-state index in [0.29, 0.717) is 24.9 Å². The summed E-state index contributed by atoms with van der Waals surface area (Å²) in [5, 5.41) is 3.20. The maximum atomic E-state index is 13.2. The van der Waals surface area contributed by atoms with Gasteiger partial charge in [-0.1, -0.05) is 0 Å². The first-order valence-corrected chi connectivity index (χ1v) is 7.85. The fourth-order valence-electron chi connectivity index (χ4n) is 2.75. The van der Waals surface area contributed by atoms with Crippen molar-refractivity contribution in [2.45, 2.75) is 31.3 Å². The number of hydrogen-bond donors (Lipinski definition) is 1. The Morgan fingerprint density at radius 2 is 1.92 bits per heavy atom. The summed E-state index contributed by atoms with van der Waals surface area (Å²) in [6, 6.07) is 3.69. The molecule has 0 aromatic heterocycles. The van der Waals surface area contributed by atoms with Crippen LogP contribution in [-0.4, -0.2) is 43.3 Å². The van der Waals surface area contributed by atoms with E-state index >= 15 is 0 Å². The third-order valence-corrected chi connectivity index (χ3v) is 4.13. The topological polar surface area (TPSA) is 50.8 Å². The smallest absolute Gasteiger partial charge is 0.416 e. The molecule has 1 heterocycles. The second-order valence-corrected chi connectivity index (χ2v) is 6.12. The lowest BCUT2D eigenvalue weighted by Crippen LogP contribution is -2.42. The van der Waals surface area contributed by atoms with Crippen LogP contribution in [-0.2, 0) is 22.3 Å². The first-order valence-electron chi connectivity index (χ1n) is 7.85. The van der Waals surface area contributed by atoms with Gasteiger partial charge in [0.25, 0.3) is 12.3 Å². The number of carbonyl (C=O) groups excluding carboxylic acids is 1. The molecule has 0 spiro atoms. The van der Waals surface area contributed by atoms with Crippen molar-refractivity contribution in [1.82, 2.24) is 10.2 Å². The van der Waals surface area contributed by atoms with Gasteiger partial charge >= 0.3 is 6.18 Å². The number of alkyl halides is 3. The van der Waals surface area contributed by atoms with Gasteiger partial charge in [-0.05, 0) is 23.8 Å². The van der Waals surface area contributed by atoms with Gasteiger partial charge in [-0.15, -0.1) is 0 Å². The molecule has 1 N–H and O–H groups in total.